The van der Waals surface area contributed by atoms with Crippen LogP contribution in [0.2, 0.25) is 0 Å². The number of carbonyl (C=O) groups excluding carboxylic acids is 2. The number of benzene rings is 1. The van der Waals surface area contributed by atoms with E-state index in [0.29, 0.717) is 0 Å². The Morgan fingerprint density at radius 1 is 1.11 bits per heavy atom. The predicted molar refractivity (Wildman–Crippen MR) is 94.8 cm³/mol. The molecule has 27 heavy (non-hydrogen) atoms. The Balaban J connectivity index is 1.70. The Morgan fingerprint density at radius 3 is 2.52 bits per heavy atom. The number of fused-ring (bicyclic) bond motifs is 1. The van der Waals surface area contributed by atoms with Gasteiger partial charge in [0.2, 0.25) is 0 Å². The van der Waals surface area contributed by atoms with E-state index in [1.165, 1.54) is 18.2 Å². The van der Waals surface area contributed by atoms with Gasteiger partial charge in [-0.2, -0.15) is 0 Å². The minimum absolute atomic E-state index is 0.124. The molecule has 0 radical (unpaired) electrons. The van der Waals surface area contributed by atoms with E-state index in [1.54, 1.807) is 32.2 Å². The zero-order chi connectivity index (χ0) is 19.8. The molecule has 0 fully saturated rings. The highest BCUT2D eigenvalue weighted by Gasteiger charge is 2.43. The van der Waals surface area contributed by atoms with Crippen LogP contribution in [0.1, 0.15) is 30.4 Å². The number of thiophene rings is 1. The molecule has 2 N–H and O–H groups in total. The van der Waals surface area contributed by atoms with Crippen LogP contribution in [0.15, 0.2) is 29.6 Å². The SMILES string of the molecule is CC(C)(C)OC(=O)Nc1ccsc1C(=O)Nc1ccc2c(c1)OC(F)(F)O2. The zero-order valence-corrected chi connectivity index (χ0v) is 15.4. The Morgan fingerprint density at radius 2 is 1.81 bits per heavy atom. The predicted octanol–water partition coefficient (Wildman–Crippen LogP) is 4.67. The largest absolute Gasteiger partial charge is 0.586 e. The van der Waals surface area contributed by atoms with Gasteiger partial charge in [0.25, 0.3) is 5.91 Å². The van der Waals surface area contributed by atoms with Gasteiger partial charge in [-0.05, 0) is 44.4 Å². The van der Waals surface area contributed by atoms with Crippen molar-refractivity contribution < 1.29 is 32.6 Å². The van der Waals surface area contributed by atoms with Crippen LogP contribution in [0.3, 0.4) is 0 Å². The van der Waals surface area contributed by atoms with Crippen molar-refractivity contribution in [2.45, 2.75) is 32.7 Å². The first-order valence-corrected chi connectivity index (χ1v) is 8.69. The third-order valence-electron chi connectivity index (χ3n) is 3.17. The van der Waals surface area contributed by atoms with E-state index in [9.17, 15) is 18.4 Å². The van der Waals surface area contributed by atoms with E-state index in [0.717, 1.165) is 11.3 Å². The number of alkyl halides is 2. The summed E-state index contributed by atoms with van der Waals surface area (Å²) in [5.74, 6) is -0.834. The third-order valence-corrected chi connectivity index (χ3v) is 4.08. The summed E-state index contributed by atoms with van der Waals surface area (Å²) in [5, 5.41) is 6.70. The van der Waals surface area contributed by atoms with Gasteiger partial charge in [-0.25, -0.2) is 4.79 Å². The fourth-order valence-electron chi connectivity index (χ4n) is 2.21. The summed E-state index contributed by atoms with van der Waals surface area (Å²) in [6.45, 7) is 5.16. The normalized spacial score (nSPS) is 14.6. The number of ether oxygens (including phenoxy) is 3. The fourth-order valence-corrected chi connectivity index (χ4v) is 2.96. The summed E-state index contributed by atoms with van der Waals surface area (Å²) in [6.07, 6.45) is -4.43. The maximum atomic E-state index is 13.1. The van der Waals surface area contributed by atoms with Gasteiger partial charge in [-0.1, -0.05) is 0 Å². The molecule has 0 atom stereocenters. The lowest BCUT2D eigenvalue weighted by Gasteiger charge is -2.19. The van der Waals surface area contributed by atoms with Gasteiger partial charge in [-0.15, -0.1) is 20.1 Å². The van der Waals surface area contributed by atoms with Crippen molar-refractivity contribution >= 4 is 34.7 Å². The van der Waals surface area contributed by atoms with E-state index < -0.39 is 23.9 Å². The van der Waals surface area contributed by atoms with Crippen LogP contribution in [-0.4, -0.2) is 23.9 Å². The van der Waals surface area contributed by atoms with E-state index in [1.807, 2.05) is 0 Å². The van der Waals surface area contributed by atoms with Crippen LogP contribution in [0.4, 0.5) is 25.0 Å². The van der Waals surface area contributed by atoms with E-state index in [4.69, 9.17) is 4.74 Å². The molecule has 2 amide bonds. The molecule has 144 valence electrons. The molecule has 2 heterocycles. The number of nitrogens with one attached hydrogen (secondary N) is 2. The molecule has 0 saturated carbocycles. The lowest BCUT2D eigenvalue weighted by Crippen LogP contribution is -2.27. The van der Waals surface area contributed by atoms with Gasteiger partial charge in [0.05, 0.1) is 5.69 Å². The average Bonchev–Trinajstić information content (AvgIpc) is 3.07. The number of amides is 2. The Kier molecular flexibility index (Phi) is 4.68. The molecule has 1 aliphatic rings. The number of hydrogen-bond donors (Lipinski definition) is 2. The first-order valence-electron chi connectivity index (χ1n) is 7.81. The third kappa shape index (κ3) is 4.64. The van der Waals surface area contributed by atoms with E-state index in [-0.39, 0.29) is 27.8 Å². The standard InChI is InChI=1S/C17H16F2N2O5S/c1-16(2,3)26-15(23)21-10-6-7-27-13(10)14(22)20-9-4-5-11-12(8-9)25-17(18,19)24-11/h4-8H,1-3H3,(H,20,22)(H,21,23). The quantitative estimate of drug-likeness (QED) is 0.785. The molecule has 1 aromatic carbocycles. The number of anilines is 2. The van der Waals surface area contributed by atoms with Crippen LogP contribution >= 0.6 is 11.3 Å². The maximum absolute atomic E-state index is 13.1. The minimum Gasteiger partial charge on any atom is -0.444 e. The van der Waals surface area contributed by atoms with E-state index >= 15 is 0 Å². The molecular weight excluding hydrogens is 382 g/mol. The topological polar surface area (TPSA) is 85.9 Å². The zero-order valence-electron chi connectivity index (χ0n) is 14.6. The molecule has 7 nitrogen and oxygen atoms in total. The van der Waals surface area contributed by atoms with Crippen LogP contribution in [-0.2, 0) is 4.74 Å². The summed E-state index contributed by atoms with van der Waals surface area (Å²) < 4.78 is 39.9. The summed E-state index contributed by atoms with van der Waals surface area (Å²) in [6, 6.07) is 5.45. The Labute approximate surface area is 157 Å². The van der Waals surface area contributed by atoms with Crippen LogP contribution in [0, 0.1) is 0 Å². The molecule has 0 saturated heterocycles. The highest BCUT2D eigenvalue weighted by molar-refractivity contribution is 7.12. The molecule has 0 bridgehead atoms. The van der Waals surface area contributed by atoms with Crippen molar-refractivity contribution in [3.8, 4) is 11.5 Å². The molecule has 0 unspecified atom stereocenters. The summed E-state index contributed by atoms with van der Waals surface area (Å²) >= 11 is 1.10. The molecule has 0 spiro atoms. The van der Waals surface area contributed by atoms with Crippen molar-refractivity contribution in [2.24, 2.45) is 0 Å². The maximum Gasteiger partial charge on any atom is 0.586 e. The second-order valence-electron chi connectivity index (χ2n) is 6.57. The Hall–Kier alpha value is -2.88. The number of carbonyl (C=O) groups is 2. The fraction of sp³-hybridized carbons (Fsp3) is 0.294. The second-order valence-corrected chi connectivity index (χ2v) is 7.49. The molecular formula is C17H16F2N2O5S. The minimum atomic E-state index is -3.73. The average molecular weight is 398 g/mol. The van der Waals surface area contributed by atoms with Crippen molar-refractivity contribution in [3.05, 3.63) is 34.5 Å². The summed E-state index contributed by atoms with van der Waals surface area (Å²) in [5.41, 5.74) is -0.174. The van der Waals surface area contributed by atoms with E-state index in [2.05, 4.69) is 20.1 Å². The van der Waals surface area contributed by atoms with Gasteiger partial charge in [-0.3, -0.25) is 10.1 Å². The van der Waals surface area contributed by atoms with Crippen LogP contribution in [0.25, 0.3) is 0 Å². The highest BCUT2D eigenvalue weighted by atomic mass is 32.1. The van der Waals surface area contributed by atoms with Crippen molar-refractivity contribution in [3.63, 3.8) is 0 Å². The molecule has 3 rings (SSSR count). The van der Waals surface area contributed by atoms with Crippen LogP contribution in [0.5, 0.6) is 11.5 Å². The van der Waals surface area contributed by atoms with Gasteiger partial charge in [0.1, 0.15) is 10.5 Å². The van der Waals surface area contributed by atoms with Crippen LogP contribution < -0.4 is 20.1 Å². The highest BCUT2D eigenvalue weighted by Crippen LogP contribution is 2.42. The van der Waals surface area contributed by atoms with Gasteiger partial charge >= 0.3 is 12.4 Å². The van der Waals surface area contributed by atoms with Gasteiger partial charge in [0, 0.05) is 11.8 Å². The van der Waals surface area contributed by atoms with Gasteiger partial charge < -0.3 is 19.5 Å². The monoisotopic (exact) mass is 398 g/mol. The second kappa shape index (κ2) is 6.69. The first-order chi connectivity index (χ1) is 12.5. The summed E-state index contributed by atoms with van der Waals surface area (Å²) in [4.78, 5) is 24.6. The molecule has 2 aromatic rings. The lowest BCUT2D eigenvalue weighted by molar-refractivity contribution is -0.286. The van der Waals surface area contributed by atoms with Gasteiger partial charge in [0.15, 0.2) is 11.5 Å². The van der Waals surface area contributed by atoms with Crippen molar-refractivity contribution in [1.29, 1.82) is 0 Å². The smallest absolute Gasteiger partial charge is 0.444 e. The molecule has 1 aromatic heterocycles. The lowest BCUT2D eigenvalue weighted by atomic mass is 10.2. The number of rotatable bonds is 3. The summed E-state index contributed by atoms with van der Waals surface area (Å²) in [7, 11) is 0. The molecule has 10 heteroatoms. The Bertz CT molecular complexity index is 892. The number of halogens is 2. The van der Waals surface area contributed by atoms with Crippen molar-refractivity contribution in [2.75, 3.05) is 10.6 Å². The van der Waals surface area contributed by atoms with Crippen molar-refractivity contribution in [1.82, 2.24) is 0 Å². The number of hydrogen-bond acceptors (Lipinski definition) is 6. The first kappa shape index (κ1) is 18.9. The molecule has 1 aliphatic heterocycles. The molecule has 0 aliphatic carbocycles.